The Morgan fingerprint density at radius 2 is 0.970 bits per heavy atom. The van der Waals surface area contributed by atoms with E-state index in [1.807, 2.05) is 0 Å². The van der Waals surface area contributed by atoms with Gasteiger partial charge in [-0.05, 0) is 47.9 Å². The molecule has 0 fully saturated rings. The van der Waals surface area contributed by atoms with Gasteiger partial charge >= 0.3 is 0 Å². The lowest BCUT2D eigenvalue weighted by Gasteiger charge is -2.13. The van der Waals surface area contributed by atoms with E-state index in [9.17, 15) is 0 Å². The van der Waals surface area contributed by atoms with Crippen LogP contribution >= 0.6 is 0 Å². The van der Waals surface area contributed by atoms with E-state index < -0.39 is 0 Å². The van der Waals surface area contributed by atoms with Crippen molar-refractivity contribution in [3.8, 4) is 33.6 Å². The van der Waals surface area contributed by atoms with Gasteiger partial charge in [-0.25, -0.2) is 0 Å². The maximum absolute atomic E-state index is 3.71. The summed E-state index contributed by atoms with van der Waals surface area (Å²) < 4.78 is 2.23. The molecule has 5 rings (SSSR count). The van der Waals surface area contributed by atoms with Crippen molar-refractivity contribution in [3.63, 3.8) is 0 Å². The number of aromatic nitrogens is 1. The van der Waals surface area contributed by atoms with Gasteiger partial charge in [0.05, 0.1) is 6.54 Å². The molecule has 0 aliphatic carbocycles. The lowest BCUT2D eigenvalue weighted by molar-refractivity contribution is -0.629. The van der Waals surface area contributed by atoms with Crippen LogP contribution in [-0.4, -0.2) is 0 Å². The third-order valence-electron chi connectivity index (χ3n) is 5.87. The molecule has 0 radical (unpaired) electrons. The molecule has 0 unspecified atom stereocenters. The average molecular weight is 428 g/mol. The summed E-state index contributed by atoms with van der Waals surface area (Å²) in [6.07, 6.45) is 0. The Morgan fingerprint density at radius 1 is 0.515 bits per heavy atom. The molecule has 0 atom stereocenters. The molecular formula is C31H27N2+. The van der Waals surface area contributed by atoms with Crippen LogP contribution in [0, 0.1) is 6.92 Å². The number of pyridine rings is 1. The minimum Gasteiger partial charge on any atom is -0.188 e. The summed E-state index contributed by atoms with van der Waals surface area (Å²) in [5.74, 6) is 0. The van der Waals surface area contributed by atoms with Gasteiger partial charge in [0.15, 0.2) is 0 Å². The Balaban J connectivity index is 1.69. The van der Waals surface area contributed by atoms with E-state index in [1.54, 1.807) is 0 Å². The van der Waals surface area contributed by atoms with Crippen LogP contribution in [0.3, 0.4) is 0 Å². The molecule has 1 N–H and O–H groups in total. The molecule has 0 spiro atoms. The molecule has 33 heavy (non-hydrogen) atoms. The van der Waals surface area contributed by atoms with E-state index in [0.717, 1.165) is 17.9 Å². The van der Waals surface area contributed by atoms with E-state index in [1.165, 1.54) is 33.4 Å². The van der Waals surface area contributed by atoms with Crippen LogP contribution in [0.15, 0.2) is 127 Å². The predicted octanol–water partition coefficient (Wildman–Crippen LogP) is 7.03. The van der Waals surface area contributed by atoms with Crippen LogP contribution in [0.5, 0.6) is 0 Å². The smallest absolute Gasteiger partial charge is 0.188 e. The van der Waals surface area contributed by atoms with Crippen molar-refractivity contribution in [2.75, 3.05) is 5.43 Å². The van der Waals surface area contributed by atoms with Crippen molar-refractivity contribution in [3.05, 3.63) is 139 Å². The summed E-state index contributed by atoms with van der Waals surface area (Å²) in [7, 11) is 0. The summed E-state index contributed by atoms with van der Waals surface area (Å²) in [6, 6.07) is 45.0. The molecule has 0 aliphatic heterocycles. The molecule has 0 amide bonds. The summed E-state index contributed by atoms with van der Waals surface area (Å²) in [5, 5.41) is 0. The van der Waals surface area contributed by atoms with Crippen molar-refractivity contribution in [1.82, 2.24) is 0 Å². The molecule has 5 aromatic rings. The Bertz CT molecular complexity index is 1270. The molecule has 0 aliphatic rings. The zero-order valence-corrected chi connectivity index (χ0v) is 18.8. The highest BCUT2D eigenvalue weighted by atomic mass is 15.4. The van der Waals surface area contributed by atoms with Gasteiger partial charge in [0.25, 0.3) is 0 Å². The largest absolute Gasteiger partial charge is 0.243 e. The fraction of sp³-hybridized carbons (Fsp3) is 0.0645. The number of aryl methyl sites for hydroxylation is 1. The molecule has 1 heterocycles. The highest BCUT2D eigenvalue weighted by molar-refractivity contribution is 5.73. The average Bonchev–Trinajstić information content (AvgIpc) is 2.89. The van der Waals surface area contributed by atoms with E-state index in [4.69, 9.17) is 0 Å². The predicted molar refractivity (Wildman–Crippen MR) is 137 cm³/mol. The van der Waals surface area contributed by atoms with Gasteiger partial charge in [0.2, 0.25) is 11.4 Å². The Labute approximate surface area is 195 Å². The quantitative estimate of drug-likeness (QED) is 0.288. The summed E-state index contributed by atoms with van der Waals surface area (Å²) in [4.78, 5) is 0. The van der Waals surface area contributed by atoms with E-state index in [2.05, 4.69) is 144 Å². The molecule has 0 saturated carbocycles. The fourth-order valence-electron chi connectivity index (χ4n) is 4.08. The van der Waals surface area contributed by atoms with Gasteiger partial charge in [-0.2, -0.15) is 5.43 Å². The zero-order valence-electron chi connectivity index (χ0n) is 18.8. The topological polar surface area (TPSA) is 15.9 Å². The minimum atomic E-state index is 0.731. The van der Waals surface area contributed by atoms with Crippen LogP contribution in [0.25, 0.3) is 33.6 Å². The standard InChI is InChI=1S/C31H27N2/c1-24-17-19-25(20-18-24)23-32-33-30(27-13-7-3-8-14-27)21-29(26-11-5-2-6-12-26)22-31(33)28-15-9-4-10-16-28/h2-22,32H,23H2,1H3/q+1. The van der Waals surface area contributed by atoms with E-state index in [-0.39, 0.29) is 0 Å². The normalized spacial score (nSPS) is 10.7. The molecule has 4 aromatic carbocycles. The highest BCUT2D eigenvalue weighted by Gasteiger charge is 2.23. The number of rotatable bonds is 6. The Morgan fingerprint density at radius 3 is 1.45 bits per heavy atom. The lowest BCUT2D eigenvalue weighted by Crippen LogP contribution is -2.48. The van der Waals surface area contributed by atoms with E-state index >= 15 is 0 Å². The maximum Gasteiger partial charge on any atom is 0.243 e. The number of hydrogen-bond acceptors (Lipinski definition) is 1. The first kappa shape index (κ1) is 20.7. The number of nitrogens with zero attached hydrogens (tertiary/aromatic N) is 1. The van der Waals surface area contributed by atoms with Crippen molar-refractivity contribution in [2.45, 2.75) is 13.5 Å². The fourth-order valence-corrected chi connectivity index (χ4v) is 4.08. The molecule has 0 saturated heterocycles. The van der Waals surface area contributed by atoms with Gasteiger partial charge in [0.1, 0.15) is 0 Å². The third kappa shape index (κ3) is 4.70. The molecule has 1 aromatic heterocycles. The van der Waals surface area contributed by atoms with Gasteiger partial charge in [-0.15, -0.1) is 0 Å². The molecule has 2 heteroatoms. The van der Waals surface area contributed by atoms with E-state index in [0.29, 0.717) is 0 Å². The Hall–Kier alpha value is -4.17. The zero-order chi connectivity index (χ0) is 22.5. The first-order chi connectivity index (χ1) is 16.3. The van der Waals surface area contributed by atoms with Crippen molar-refractivity contribution in [2.24, 2.45) is 0 Å². The second-order valence-electron chi connectivity index (χ2n) is 8.27. The van der Waals surface area contributed by atoms with Crippen molar-refractivity contribution in [1.29, 1.82) is 0 Å². The summed E-state index contributed by atoms with van der Waals surface area (Å²) in [6.45, 7) is 2.85. The van der Waals surface area contributed by atoms with Crippen LogP contribution in [0.1, 0.15) is 11.1 Å². The Kier molecular flexibility index (Phi) is 5.99. The molecule has 0 bridgehead atoms. The van der Waals surface area contributed by atoms with Crippen LogP contribution in [0.4, 0.5) is 0 Å². The first-order valence-electron chi connectivity index (χ1n) is 11.3. The third-order valence-corrected chi connectivity index (χ3v) is 5.87. The molecule has 2 nitrogen and oxygen atoms in total. The van der Waals surface area contributed by atoms with Gasteiger partial charge in [0, 0.05) is 23.3 Å². The van der Waals surface area contributed by atoms with Crippen LogP contribution in [0.2, 0.25) is 0 Å². The molecule has 160 valence electrons. The summed E-state index contributed by atoms with van der Waals surface area (Å²) in [5.41, 5.74) is 13.2. The minimum absolute atomic E-state index is 0.731. The number of hydrogen-bond donors (Lipinski definition) is 1. The molecular weight excluding hydrogens is 400 g/mol. The SMILES string of the molecule is Cc1ccc(CN[n+]2c(-c3ccccc3)cc(-c3ccccc3)cc2-c2ccccc2)cc1. The second kappa shape index (κ2) is 9.54. The first-order valence-corrected chi connectivity index (χ1v) is 11.3. The summed E-state index contributed by atoms with van der Waals surface area (Å²) >= 11 is 0. The number of nitrogens with one attached hydrogen (secondary N) is 1. The lowest BCUT2D eigenvalue weighted by atomic mass is 9.99. The van der Waals surface area contributed by atoms with Gasteiger partial charge in [-0.3, -0.25) is 0 Å². The van der Waals surface area contributed by atoms with Crippen LogP contribution < -0.4 is 10.1 Å². The highest BCUT2D eigenvalue weighted by Crippen LogP contribution is 2.28. The van der Waals surface area contributed by atoms with Gasteiger partial charge in [-0.1, -0.05) is 101 Å². The van der Waals surface area contributed by atoms with Crippen LogP contribution in [-0.2, 0) is 6.54 Å². The van der Waals surface area contributed by atoms with Crippen molar-refractivity contribution >= 4 is 0 Å². The maximum atomic E-state index is 3.71. The van der Waals surface area contributed by atoms with Gasteiger partial charge < -0.3 is 0 Å². The number of benzene rings is 4. The second-order valence-corrected chi connectivity index (χ2v) is 8.27. The van der Waals surface area contributed by atoms with Crippen molar-refractivity contribution < 1.29 is 4.68 Å². The monoisotopic (exact) mass is 427 g/mol.